The summed E-state index contributed by atoms with van der Waals surface area (Å²) in [6, 6.07) is 24.9. The molecule has 0 spiro atoms. The van der Waals surface area contributed by atoms with Gasteiger partial charge in [-0.15, -0.1) is 0 Å². The van der Waals surface area contributed by atoms with Crippen LogP contribution in [0.3, 0.4) is 0 Å². The predicted molar refractivity (Wildman–Crippen MR) is 153 cm³/mol. The Morgan fingerprint density at radius 2 is 1.47 bits per heavy atom. The van der Waals surface area contributed by atoms with Crippen molar-refractivity contribution in [3.8, 4) is 11.5 Å². The van der Waals surface area contributed by atoms with Crippen molar-refractivity contribution in [2.45, 2.75) is 39.2 Å². The van der Waals surface area contributed by atoms with Gasteiger partial charge in [0, 0.05) is 24.2 Å². The summed E-state index contributed by atoms with van der Waals surface area (Å²) >= 11 is 0. The van der Waals surface area contributed by atoms with E-state index in [4.69, 9.17) is 18.9 Å². The van der Waals surface area contributed by atoms with Gasteiger partial charge in [0.1, 0.15) is 38.1 Å². The Bertz CT molecular complexity index is 1610. The summed E-state index contributed by atoms with van der Waals surface area (Å²) in [6.45, 7) is 0.510. The molecule has 1 aromatic heterocycles. The van der Waals surface area contributed by atoms with Crippen LogP contribution in [0.15, 0.2) is 94.6 Å². The number of hydrogen-bond acceptors (Lipinski definition) is 9. The summed E-state index contributed by atoms with van der Waals surface area (Å²) in [5, 5.41) is 10.4. The third-order valence-corrected chi connectivity index (χ3v) is 6.21. The van der Waals surface area contributed by atoms with Crippen LogP contribution in [-0.4, -0.2) is 34.7 Å². The molecule has 4 aromatic rings. The van der Waals surface area contributed by atoms with Crippen LogP contribution in [0.1, 0.15) is 35.1 Å². The fraction of sp³-hybridized carbons (Fsp3) is 0.250. The van der Waals surface area contributed by atoms with E-state index < -0.39 is 29.6 Å². The fourth-order valence-corrected chi connectivity index (χ4v) is 3.98. The number of esters is 1. The van der Waals surface area contributed by atoms with E-state index in [1.807, 2.05) is 78.9 Å². The SMILES string of the molecule is O=C([O-])CCC(=O)OCCOCn1cc(Cc2cccc(OCc3ccc(OCc4ccccc4)cc3)c2)c(=O)[nH]c1=O. The van der Waals surface area contributed by atoms with E-state index in [1.165, 1.54) is 10.8 Å². The molecule has 0 saturated heterocycles. The Hall–Kier alpha value is -5.16. The maximum Gasteiger partial charge on any atom is 0.330 e. The number of carbonyl (C=O) groups excluding carboxylic acids is 2. The number of H-pyrrole nitrogens is 1. The number of nitrogens with zero attached hydrogens (tertiary/aromatic N) is 1. The van der Waals surface area contributed by atoms with Gasteiger partial charge in [0.25, 0.3) is 5.56 Å². The second-order valence-corrected chi connectivity index (χ2v) is 9.54. The highest BCUT2D eigenvalue weighted by Crippen LogP contribution is 2.19. The number of nitrogens with one attached hydrogen (secondary N) is 1. The number of hydrogen-bond donors (Lipinski definition) is 1. The number of rotatable bonds is 16. The van der Waals surface area contributed by atoms with Crippen molar-refractivity contribution in [3.05, 3.63) is 128 Å². The maximum atomic E-state index is 12.5. The van der Waals surface area contributed by atoms with Crippen molar-refractivity contribution >= 4 is 11.9 Å². The molecular formula is C32H31N2O9-. The molecule has 0 atom stereocenters. The topological polar surface area (TPSA) is 149 Å². The van der Waals surface area contributed by atoms with Crippen LogP contribution in [0.25, 0.3) is 0 Å². The van der Waals surface area contributed by atoms with Gasteiger partial charge in [0.05, 0.1) is 13.0 Å². The van der Waals surface area contributed by atoms with Crippen molar-refractivity contribution < 1.29 is 33.6 Å². The molecule has 11 nitrogen and oxygen atoms in total. The minimum atomic E-state index is -1.34. The van der Waals surface area contributed by atoms with Gasteiger partial charge >= 0.3 is 11.7 Å². The van der Waals surface area contributed by atoms with Crippen molar-refractivity contribution in [3.63, 3.8) is 0 Å². The Kier molecular flexibility index (Phi) is 11.3. The smallest absolute Gasteiger partial charge is 0.330 e. The van der Waals surface area contributed by atoms with Gasteiger partial charge in [0.15, 0.2) is 0 Å². The molecule has 0 aliphatic heterocycles. The normalized spacial score (nSPS) is 10.7. The van der Waals surface area contributed by atoms with Gasteiger partial charge in [-0.25, -0.2) is 4.79 Å². The van der Waals surface area contributed by atoms with Gasteiger partial charge in [-0.3, -0.25) is 19.1 Å². The number of carboxylic acids is 1. The first-order valence-electron chi connectivity index (χ1n) is 13.6. The first-order chi connectivity index (χ1) is 20.9. The zero-order valence-electron chi connectivity index (χ0n) is 23.4. The zero-order chi connectivity index (χ0) is 30.4. The molecule has 0 fully saturated rings. The standard InChI is InChI=1S/C32H32N2O9/c35-29(36)13-14-30(37)41-16-15-40-22-34-19-26(31(38)33-32(34)39)17-25-7-4-8-28(18-25)43-21-24-9-11-27(12-10-24)42-20-23-5-2-1-3-6-23/h1-12,18-19H,13-17,20-22H2,(H,35,36)(H,33,38,39)/p-1. The highest BCUT2D eigenvalue weighted by molar-refractivity contribution is 5.75. The van der Waals surface area contributed by atoms with Crippen molar-refractivity contribution in [2.75, 3.05) is 13.2 Å². The van der Waals surface area contributed by atoms with E-state index in [1.54, 1.807) is 0 Å². The summed E-state index contributed by atoms with van der Waals surface area (Å²) in [5.41, 5.74) is 2.06. The average Bonchev–Trinajstić information content (AvgIpc) is 3.01. The number of aliphatic carboxylic acids is 1. The lowest BCUT2D eigenvalue weighted by Gasteiger charge is -2.11. The molecule has 1 heterocycles. The number of carbonyl (C=O) groups is 2. The second kappa shape index (κ2) is 15.7. The summed E-state index contributed by atoms with van der Waals surface area (Å²) in [6.07, 6.45) is 0.942. The molecule has 224 valence electrons. The lowest BCUT2D eigenvalue weighted by atomic mass is 10.1. The Morgan fingerprint density at radius 1 is 0.767 bits per heavy atom. The lowest BCUT2D eigenvalue weighted by Crippen LogP contribution is -2.32. The summed E-state index contributed by atoms with van der Waals surface area (Å²) in [4.78, 5) is 48.8. The van der Waals surface area contributed by atoms with Crippen LogP contribution in [0.2, 0.25) is 0 Å². The minimum Gasteiger partial charge on any atom is -0.550 e. The zero-order valence-corrected chi connectivity index (χ0v) is 23.4. The van der Waals surface area contributed by atoms with E-state index >= 15 is 0 Å². The van der Waals surface area contributed by atoms with Gasteiger partial charge in [0.2, 0.25) is 0 Å². The van der Waals surface area contributed by atoms with Crippen molar-refractivity contribution in [2.24, 2.45) is 0 Å². The van der Waals surface area contributed by atoms with Crippen LogP contribution in [0.5, 0.6) is 11.5 Å². The lowest BCUT2D eigenvalue weighted by molar-refractivity contribution is -0.305. The van der Waals surface area contributed by atoms with Gasteiger partial charge in [-0.2, -0.15) is 0 Å². The third kappa shape index (κ3) is 10.3. The molecule has 4 rings (SSSR count). The van der Waals surface area contributed by atoms with E-state index in [0.29, 0.717) is 24.5 Å². The Labute approximate surface area is 247 Å². The molecule has 0 aliphatic rings. The van der Waals surface area contributed by atoms with Crippen LogP contribution in [0, 0.1) is 0 Å². The van der Waals surface area contributed by atoms with Crippen LogP contribution in [0.4, 0.5) is 0 Å². The van der Waals surface area contributed by atoms with E-state index in [2.05, 4.69) is 4.98 Å². The first-order valence-corrected chi connectivity index (χ1v) is 13.6. The molecule has 0 unspecified atom stereocenters. The number of aromatic nitrogens is 2. The van der Waals surface area contributed by atoms with Gasteiger partial charge in [-0.1, -0.05) is 54.6 Å². The number of benzene rings is 3. The molecule has 11 heteroatoms. The summed E-state index contributed by atoms with van der Waals surface area (Å²) in [7, 11) is 0. The molecule has 0 amide bonds. The quantitative estimate of drug-likeness (QED) is 0.154. The molecule has 0 bridgehead atoms. The Morgan fingerprint density at radius 3 is 2.21 bits per heavy atom. The van der Waals surface area contributed by atoms with Gasteiger partial charge in [-0.05, 0) is 47.4 Å². The highest BCUT2D eigenvalue weighted by Gasteiger charge is 2.08. The molecular weight excluding hydrogens is 556 g/mol. The van der Waals surface area contributed by atoms with Crippen LogP contribution >= 0.6 is 0 Å². The minimum absolute atomic E-state index is 0.0270. The largest absolute Gasteiger partial charge is 0.550 e. The summed E-state index contributed by atoms with van der Waals surface area (Å²) in [5.74, 6) is -0.637. The number of carboxylic acid groups (broad SMARTS) is 1. The average molecular weight is 588 g/mol. The van der Waals surface area contributed by atoms with Crippen LogP contribution in [-0.2, 0) is 45.4 Å². The third-order valence-electron chi connectivity index (χ3n) is 6.21. The summed E-state index contributed by atoms with van der Waals surface area (Å²) < 4.78 is 23.2. The fourth-order valence-electron chi connectivity index (χ4n) is 3.98. The molecule has 3 aromatic carbocycles. The first kappa shape index (κ1) is 30.8. The maximum absolute atomic E-state index is 12.5. The monoisotopic (exact) mass is 587 g/mol. The van der Waals surface area contributed by atoms with E-state index in [9.17, 15) is 24.3 Å². The van der Waals surface area contributed by atoms with Crippen molar-refractivity contribution in [1.29, 1.82) is 0 Å². The van der Waals surface area contributed by atoms with Crippen molar-refractivity contribution in [1.82, 2.24) is 9.55 Å². The predicted octanol–water partition coefficient (Wildman–Crippen LogP) is 2.33. The molecule has 0 saturated carbocycles. The number of aromatic amines is 1. The number of ether oxygens (including phenoxy) is 4. The Balaban J connectivity index is 1.26. The second-order valence-electron chi connectivity index (χ2n) is 9.54. The molecule has 0 aliphatic carbocycles. The van der Waals surface area contributed by atoms with Gasteiger partial charge < -0.3 is 28.8 Å². The van der Waals surface area contributed by atoms with E-state index in [-0.39, 0.29) is 32.8 Å². The van der Waals surface area contributed by atoms with E-state index in [0.717, 1.165) is 22.4 Å². The molecule has 43 heavy (non-hydrogen) atoms. The molecule has 0 radical (unpaired) electrons. The van der Waals surface area contributed by atoms with Crippen LogP contribution < -0.4 is 25.8 Å². The highest BCUT2D eigenvalue weighted by atomic mass is 16.6. The molecule has 1 N–H and O–H groups in total.